The van der Waals surface area contributed by atoms with Crippen LogP contribution < -0.4 is 14.3 Å². The molecule has 6 heteroatoms. The molecule has 0 fully saturated rings. The van der Waals surface area contributed by atoms with Crippen molar-refractivity contribution in [1.29, 1.82) is 0 Å². The molecule has 5 nitrogen and oxygen atoms in total. The number of methoxy groups -OCH3 is 1. The second-order valence-corrected chi connectivity index (χ2v) is 7.49. The van der Waals surface area contributed by atoms with Gasteiger partial charge < -0.3 is 14.0 Å². The second-order valence-electron chi connectivity index (χ2n) is 6.48. The summed E-state index contributed by atoms with van der Waals surface area (Å²) in [6.07, 6.45) is 0. The Kier molecular flexibility index (Phi) is 5.36. The van der Waals surface area contributed by atoms with Gasteiger partial charge in [-0.25, -0.2) is 0 Å². The van der Waals surface area contributed by atoms with Crippen molar-refractivity contribution >= 4 is 38.2 Å². The average Bonchev–Trinajstić information content (AvgIpc) is 3.10. The fourth-order valence-corrected chi connectivity index (χ4v) is 4.56. The van der Waals surface area contributed by atoms with E-state index in [0.717, 1.165) is 26.7 Å². The number of hydrogen-bond acceptors (Lipinski definition) is 4. The molecule has 1 amide bonds. The first-order valence-corrected chi connectivity index (χ1v) is 10.4. The van der Waals surface area contributed by atoms with Crippen LogP contribution in [0.25, 0.3) is 21.0 Å². The molecular weight excluding hydrogens is 384 g/mol. The fraction of sp³-hybridized carbons (Fsp3) is 0.217. The van der Waals surface area contributed by atoms with Crippen LogP contribution in [0.5, 0.6) is 11.5 Å². The number of aryl methyl sites for hydroxylation is 1. The SMILES string of the molecule is CCOc1cccc2sc(=NC(=O)c3cc4ccccc4cc3OC)n(CC)c12. The number of carbonyl (C=O) groups excluding carboxylic acids is 1. The lowest BCUT2D eigenvalue weighted by atomic mass is 10.1. The Balaban J connectivity index is 1.88. The quantitative estimate of drug-likeness (QED) is 0.467. The van der Waals surface area contributed by atoms with Gasteiger partial charge in [0.25, 0.3) is 5.91 Å². The number of para-hydroxylation sites is 1. The zero-order valence-electron chi connectivity index (χ0n) is 16.6. The zero-order chi connectivity index (χ0) is 20.4. The fourth-order valence-electron chi connectivity index (χ4n) is 3.45. The smallest absolute Gasteiger partial charge is 0.283 e. The molecule has 1 aromatic heterocycles. The zero-order valence-corrected chi connectivity index (χ0v) is 17.5. The molecule has 4 rings (SSSR count). The van der Waals surface area contributed by atoms with Gasteiger partial charge in [0.2, 0.25) is 0 Å². The van der Waals surface area contributed by atoms with Gasteiger partial charge >= 0.3 is 0 Å². The molecule has 3 aromatic carbocycles. The Labute approximate surface area is 172 Å². The first kappa shape index (κ1) is 19.2. The summed E-state index contributed by atoms with van der Waals surface area (Å²) in [5.74, 6) is 1.01. The number of ether oxygens (including phenoxy) is 2. The molecule has 0 spiro atoms. The molecule has 0 N–H and O–H groups in total. The molecule has 0 aliphatic heterocycles. The molecular formula is C23H22N2O3S. The van der Waals surface area contributed by atoms with Crippen LogP contribution in [0, 0.1) is 0 Å². The van der Waals surface area contributed by atoms with Gasteiger partial charge in [-0.3, -0.25) is 4.79 Å². The molecule has 1 heterocycles. The molecule has 0 aliphatic rings. The first-order valence-electron chi connectivity index (χ1n) is 9.57. The van der Waals surface area contributed by atoms with Crippen LogP contribution in [-0.2, 0) is 6.54 Å². The van der Waals surface area contributed by atoms with Gasteiger partial charge in [-0.15, -0.1) is 0 Å². The summed E-state index contributed by atoms with van der Waals surface area (Å²) in [5, 5.41) is 2.00. The third-order valence-corrected chi connectivity index (χ3v) is 5.82. The summed E-state index contributed by atoms with van der Waals surface area (Å²) >= 11 is 1.48. The van der Waals surface area contributed by atoms with Crippen molar-refractivity contribution < 1.29 is 14.3 Å². The van der Waals surface area contributed by atoms with Crippen LogP contribution in [0.15, 0.2) is 59.6 Å². The predicted molar refractivity (Wildman–Crippen MR) is 117 cm³/mol. The highest BCUT2D eigenvalue weighted by atomic mass is 32.1. The second kappa shape index (κ2) is 8.09. The maximum absolute atomic E-state index is 13.1. The highest BCUT2D eigenvalue weighted by molar-refractivity contribution is 7.16. The highest BCUT2D eigenvalue weighted by Crippen LogP contribution is 2.29. The van der Waals surface area contributed by atoms with Crippen LogP contribution in [-0.4, -0.2) is 24.2 Å². The van der Waals surface area contributed by atoms with Gasteiger partial charge in [-0.2, -0.15) is 4.99 Å². The number of carbonyl (C=O) groups is 1. The summed E-state index contributed by atoms with van der Waals surface area (Å²) in [4.78, 5) is 18.2. The minimum absolute atomic E-state index is 0.320. The van der Waals surface area contributed by atoms with E-state index in [1.807, 2.05) is 73.0 Å². The monoisotopic (exact) mass is 406 g/mol. The van der Waals surface area contributed by atoms with Crippen LogP contribution in [0.1, 0.15) is 24.2 Å². The van der Waals surface area contributed by atoms with Gasteiger partial charge in [0.1, 0.15) is 17.0 Å². The van der Waals surface area contributed by atoms with Crippen LogP contribution in [0.3, 0.4) is 0 Å². The van der Waals surface area contributed by atoms with Gasteiger partial charge in [-0.1, -0.05) is 41.7 Å². The third kappa shape index (κ3) is 3.51. The van der Waals surface area contributed by atoms with Crippen LogP contribution in [0.2, 0.25) is 0 Å². The van der Waals surface area contributed by atoms with E-state index in [9.17, 15) is 4.79 Å². The van der Waals surface area contributed by atoms with E-state index in [-0.39, 0.29) is 5.91 Å². The summed E-state index contributed by atoms with van der Waals surface area (Å²) in [6.45, 7) is 5.26. The lowest BCUT2D eigenvalue weighted by Gasteiger charge is -2.08. The molecule has 0 bridgehead atoms. The molecule has 0 radical (unpaired) electrons. The maximum atomic E-state index is 13.1. The molecule has 29 heavy (non-hydrogen) atoms. The van der Waals surface area contributed by atoms with Crippen molar-refractivity contribution in [1.82, 2.24) is 4.57 Å². The van der Waals surface area contributed by atoms with Crippen LogP contribution >= 0.6 is 11.3 Å². The van der Waals surface area contributed by atoms with E-state index in [4.69, 9.17) is 9.47 Å². The van der Waals surface area contributed by atoms with E-state index in [2.05, 4.69) is 4.99 Å². The van der Waals surface area contributed by atoms with Gasteiger partial charge in [0.05, 0.1) is 24.0 Å². The van der Waals surface area contributed by atoms with Crippen molar-refractivity contribution in [3.05, 3.63) is 65.0 Å². The maximum Gasteiger partial charge on any atom is 0.283 e. The molecule has 0 unspecified atom stereocenters. The standard InChI is InChI=1S/C23H22N2O3S/c1-4-25-21-18(28-5-2)11-8-12-20(21)29-23(25)24-22(26)17-13-15-9-6-7-10-16(15)14-19(17)27-3/h6-14H,4-5H2,1-3H3. The van der Waals surface area contributed by atoms with E-state index in [1.165, 1.54) is 11.3 Å². The predicted octanol–water partition coefficient (Wildman–Crippen LogP) is 5.02. The summed E-state index contributed by atoms with van der Waals surface area (Å²) in [6, 6.07) is 17.5. The number of hydrogen-bond donors (Lipinski definition) is 0. The minimum atomic E-state index is -0.320. The van der Waals surface area contributed by atoms with Crippen molar-refractivity contribution in [2.24, 2.45) is 4.99 Å². The Morgan fingerprint density at radius 1 is 1.03 bits per heavy atom. The topological polar surface area (TPSA) is 52.8 Å². The average molecular weight is 407 g/mol. The number of nitrogens with zero attached hydrogens (tertiary/aromatic N) is 2. The lowest BCUT2D eigenvalue weighted by Crippen LogP contribution is -2.16. The minimum Gasteiger partial charge on any atom is -0.496 e. The Bertz CT molecular complexity index is 1270. The summed E-state index contributed by atoms with van der Waals surface area (Å²) < 4.78 is 14.3. The molecule has 0 saturated heterocycles. The Hall–Kier alpha value is -3.12. The summed E-state index contributed by atoms with van der Waals surface area (Å²) in [5.41, 5.74) is 1.43. The summed E-state index contributed by atoms with van der Waals surface area (Å²) in [7, 11) is 1.57. The van der Waals surface area contributed by atoms with Crippen molar-refractivity contribution in [3.63, 3.8) is 0 Å². The number of rotatable bonds is 5. The number of aromatic nitrogens is 1. The van der Waals surface area contributed by atoms with Crippen molar-refractivity contribution in [2.45, 2.75) is 20.4 Å². The normalized spacial score (nSPS) is 11.9. The molecule has 4 aromatic rings. The third-order valence-electron chi connectivity index (χ3n) is 4.78. The van der Waals surface area contributed by atoms with E-state index in [0.29, 0.717) is 29.3 Å². The van der Waals surface area contributed by atoms with E-state index in [1.54, 1.807) is 7.11 Å². The highest BCUT2D eigenvalue weighted by Gasteiger charge is 2.15. The molecule has 0 atom stereocenters. The molecule has 0 saturated carbocycles. The van der Waals surface area contributed by atoms with Crippen molar-refractivity contribution in [2.75, 3.05) is 13.7 Å². The number of thiazole rings is 1. The van der Waals surface area contributed by atoms with Gasteiger partial charge in [-0.05, 0) is 48.9 Å². The van der Waals surface area contributed by atoms with Gasteiger partial charge in [0.15, 0.2) is 4.80 Å². The van der Waals surface area contributed by atoms with Crippen LogP contribution in [0.4, 0.5) is 0 Å². The lowest BCUT2D eigenvalue weighted by molar-refractivity contribution is 0.0995. The Morgan fingerprint density at radius 2 is 1.79 bits per heavy atom. The first-order chi connectivity index (χ1) is 14.2. The van der Waals surface area contributed by atoms with Crippen molar-refractivity contribution in [3.8, 4) is 11.5 Å². The van der Waals surface area contributed by atoms with Gasteiger partial charge in [0, 0.05) is 6.54 Å². The number of benzene rings is 3. The van der Waals surface area contributed by atoms with E-state index < -0.39 is 0 Å². The molecule has 148 valence electrons. The largest absolute Gasteiger partial charge is 0.496 e. The number of amides is 1. The number of fused-ring (bicyclic) bond motifs is 2. The van der Waals surface area contributed by atoms with E-state index >= 15 is 0 Å². The molecule has 0 aliphatic carbocycles. The Morgan fingerprint density at radius 3 is 2.48 bits per heavy atom.